The first-order valence-corrected chi connectivity index (χ1v) is 7.78. The number of ether oxygens (including phenoxy) is 1. The number of aryl methyl sites for hydroxylation is 1. The van der Waals surface area contributed by atoms with Crippen molar-refractivity contribution < 1.29 is 9.53 Å². The number of benzene rings is 2. The number of para-hydroxylation sites is 1. The van der Waals surface area contributed by atoms with Gasteiger partial charge in [-0.25, -0.2) is 0 Å². The Labute approximate surface area is 136 Å². The molecule has 4 heteroatoms. The lowest BCUT2D eigenvalue weighted by molar-refractivity contribution is -0.143. The minimum atomic E-state index is -0.157. The Bertz CT molecular complexity index is 611. The van der Waals surface area contributed by atoms with E-state index in [4.69, 9.17) is 16.3 Å². The summed E-state index contributed by atoms with van der Waals surface area (Å²) in [5.74, 6) is -0.157. The van der Waals surface area contributed by atoms with Crippen LogP contribution in [0.4, 0.5) is 5.69 Å². The zero-order valence-electron chi connectivity index (χ0n) is 12.6. The normalized spacial score (nSPS) is 10.3. The Kier molecular flexibility index (Phi) is 6.28. The SMILES string of the molecule is CCOC(=O)CCc1ccccc1NCc1ccc(Cl)cc1. The molecular formula is C18H20ClNO2. The van der Waals surface area contributed by atoms with Gasteiger partial charge in [0.15, 0.2) is 0 Å². The van der Waals surface area contributed by atoms with Crippen LogP contribution in [-0.4, -0.2) is 12.6 Å². The zero-order valence-corrected chi connectivity index (χ0v) is 13.4. The molecule has 0 aromatic heterocycles. The number of rotatable bonds is 7. The molecule has 0 aliphatic carbocycles. The van der Waals surface area contributed by atoms with Gasteiger partial charge in [-0.1, -0.05) is 41.9 Å². The van der Waals surface area contributed by atoms with Gasteiger partial charge in [0.2, 0.25) is 0 Å². The molecule has 22 heavy (non-hydrogen) atoms. The highest BCUT2D eigenvalue weighted by Gasteiger charge is 2.06. The molecule has 0 amide bonds. The lowest BCUT2D eigenvalue weighted by atomic mass is 10.1. The number of esters is 1. The fraction of sp³-hybridized carbons (Fsp3) is 0.278. The average molecular weight is 318 g/mol. The number of hydrogen-bond donors (Lipinski definition) is 1. The predicted octanol–water partition coefficient (Wildman–Crippen LogP) is 4.45. The van der Waals surface area contributed by atoms with E-state index >= 15 is 0 Å². The number of carbonyl (C=O) groups is 1. The summed E-state index contributed by atoms with van der Waals surface area (Å²) < 4.78 is 4.97. The summed E-state index contributed by atoms with van der Waals surface area (Å²) in [6.45, 7) is 2.96. The summed E-state index contributed by atoms with van der Waals surface area (Å²) in [5.41, 5.74) is 3.32. The van der Waals surface area contributed by atoms with E-state index in [2.05, 4.69) is 5.32 Å². The summed E-state index contributed by atoms with van der Waals surface area (Å²) in [4.78, 5) is 11.5. The second-order valence-electron chi connectivity index (χ2n) is 4.94. The van der Waals surface area contributed by atoms with Crippen molar-refractivity contribution in [3.63, 3.8) is 0 Å². The molecule has 0 saturated carbocycles. The molecule has 0 fully saturated rings. The van der Waals surface area contributed by atoms with Crippen molar-refractivity contribution in [3.05, 3.63) is 64.7 Å². The molecule has 0 atom stereocenters. The third-order valence-electron chi connectivity index (χ3n) is 3.32. The van der Waals surface area contributed by atoms with E-state index in [1.165, 1.54) is 0 Å². The van der Waals surface area contributed by atoms with Crippen LogP contribution in [0.2, 0.25) is 5.02 Å². The first-order chi connectivity index (χ1) is 10.7. The van der Waals surface area contributed by atoms with E-state index in [0.29, 0.717) is 26.0 Å². The van der Waals surface area contributed by atoms with Gasteiger partial charge < -0.3 is 10.1 Å². The van der Waals surface area contributed by atoms with Crippen LogP contribution in [0.5, 0.6) is 0 Å². The highest BCUT2D eigenvalue weighted by atomic mass is 35.5. The quantitative estimate of drug-likeness (QED) is 0.767. The fourth-order valence-corrected chi connectivity index (χ4v) is 2.31. The van der Waals surface area contributed by atoms with Crippen LogP contribution >= 0.6 is 11.6 Å². The molecule has 0 aliphatic rings. The van der Waals surface area contributed by atoms with Crippen molar-refractivity contribution in [3.8, 4) is 0 Å². The number of nitrogens with one attached hydrogen (secondary N) is 1. The zero-order chi connectivity index (χ0) is 15.8. The van der Waals surface area contributed by atoms with Crippen molar-refractivity contribution >= 4 is 23.3 Å². The van der Waals surface area contributed by atoms with Crippen LogP contribution in [0, 0.1) is 0 Å². The molecule has 0 saturated heterocycles. The van der Waals surface area contributed by atoms with Crippen LogP contribution in [0.15, 0.2) is 48.5 Å². The van der Waals surface area contributed by atoms with Crippen LogP contribution in [0.25, 0.3) is 0 Å². The Morgan fingerprint density at radius 3 is 2.59 bits per heavy atom. The predicted molar refractivity (Wildman–Crippen MR) is 90.2 cm³/mol. The van der Waals surface area contributed by atoms with Crippen molar-refractivity contribution in [1.29, 1.82) is 0 Å². The Balaban J connectivity index is 1.95. The number of carbonyl (C=O) groups excluding carboxylic acids is 1. The third-order valence-corrected chi connectivity index (χ3v) is 3.57. The first-order valence-electron chi connectivity index (χ1n) is 7.41. The van der Waals surface area contributed by atoms with E-state index < -0.39 is 0 Å². The van der Waals surface area contributed by atoms with E-state index in [0.717, 1.165) is 21.8 Å². The highest BCUT2D eigenvalue weighted by Crippen LogP contribution is 2.18. The Morgan fingerprint density at radius 2 is 1.86 bits per heavy atom. The Hall–Kier alpha value is -2.00. The summed E-state index contributed by atoms with van der Waals surface area (Å²) in [7, 11) is 0. The molecule has 0 radical (unpaired) electrons. The minimum Gasteiger partial charge on any atom is -0.466 e. The summed E-state index contributed by atoms with van der Waals surface area (Å²) in [6.07, 6.45) is 1.07. The monoisotopic (exact) mass is 317 g/mol. The molecule has 0 spiro atoms. The highest BCUT2D eigenvalue weighted by molar-refractivity contribution is 6.30. The summed E-state index contributed by atoms with van der Waals surface area (Å²) >= 11 is 5.89. The van der Waals surface area contributed by atoms with Gasteiger partial charge >= 0.3 is 5.97 Å². The number of anilines is 1. The van der Waals surface area contributed by atoms with Crippen molar-refractivity contribution in [2.24, 2.45) is 0 Å². The molecule has 3 nitrogen and oxygen atoms in total. The Morgan fingerprint density at radius 1 is 1.14 bits per heavy atom. The van der Waals surface area contributed by atoms with Crippen molar-refractivity contribution in [1.82, 2.24) is 0 Å². The maximum Gasteiger partial charge on any atom is 0.306 e. The maximum atomic E-state index is 11.5. The van der Waals surface area contributed by atoms with Gasteiger partial charge in [-0.2, -0.15) is 0 Å². The standard InChI is InChI=1S/C18H20ClNO2/c1-2-22-18(21)12-9-15-5-3-4-6-17(15)20-13-14-7-10-16(19)11-8-14/h3-8,10-11,20H,2,9,12-13H2,1H3. The van der Waals surface area contributed by atoms with E-state index in [-0.39, 0.29) is 5.97 Å². The molecule has 2 aromatic rings. The van der Waals surface area contributed by atoms with Crippen molar-refractivity contribution in [2.75, 3.05) is 11.9 Å². The van der Waals surface area contributed by atoms with Gasteiger partial charge in [0.05, 0.1) is 6.61 Å². The maximum absolute atomic E-state index is 11.5. The van der Waals surface area contributed by atoms with Gasteiger partial charge in [0.1, 0.15) is 0 Å². The van der Waals surface area contributed by atoms with Crippen LogP contribution in [0.1, 0.15) is 24.5 Å². The van der Waals surface area contributed by atoms with Crippen LogP contribution in [-0.2, 0) is 22.5 Å². The van der Waals surface area contributed by atoms with Gasteiger partial charge in [0.25, 0.3) is 0 Å². The molecule has 116 valence electrons. The number of hydrogen-bond acceptors (Lipinski definition) is 3. The average Bonchev–Trinajstić information content (AvgIpc) is 2.53. The third kappa shape index (κ3) is 5.08. The molecule has 2 aromatic carbocycles. The van der Waals surface area contributed by atoms with E-state index in [9.17, 15) is 4.79 Å². The molecule has 2 rings (SSSR count). The molecular weight excluding hydrogens is 298 g/mol. The van der Waals surface area contributed by atoms with Gasteiger partial charge in [-0.15, -0.1) is 0 Å². The summed E-state index contributed by atoms with van der Waals surface area (Å²) in [6, 6.07) is 15.8. The van der Waals surface area contributed by atoms with Crippen LogP contribution < -0.4 is 5.32 Å². The topological polar surface area (TPSA) is 38.3 Å². The van der Waals surface area contributed by atoms with Crippen molar-refractivity contribution in [2.45, 2.75) is 26.3 Å². The van der Waals surface area contributed by atoms with E-state index in [1.807, 2.05) is 55.5 Å². The fourth-order valence-electron chi connectivity index (χ4n) is 2.18. The lowest BCUT2D eigenvalue weighted by Crippen LogP contribution is -2.07. The van der Waals surface area contributed by atoms with Gasteiger partial charge in [0, 0.05) is 23.7 Å². The number of halogens is 1. The second kappa shape index (κ2) is 8.44. The molecule has 0 aliphatic heterocycles. The summed E-state index contributed by atoms with van der Waals surface area (Å²) in [5, 5.41) is 4.14. The smallest absolute Gasteiger partial charge is 0.306 e. The van der Waals surface area contributed by atoms with Gasteiger partial charge in [-0.05, 0) is 42.7 Å². The second-order valence-corrected chi connectivity index (χ2v) is 5.38. The largest absolute Gasteiger partial charge is 0.466 e. The first kappa shape index (κ1) is 16.4. The van der Waals surface area contributed by atoms with Crippen LogP contribution in [0.3, 0.4) is 0 Å². The molecule has 0 unspecified atom stereocenters. The minimum absolute atomic E-state index is 0.157. The van der Waals surface area contributed by atoms with E-state index in [1.54, 1.807) is 0 Å². The molecule has 0 heterocycles. The lowest BCUT2D eigenvalue weighted by Gasteiger charge is -2.12. The molecule has 1 N–H and O–H groups in total. The van der Waals surface area contributed by atoms with Gasteiger partial charge in [-0.3, -0.25) is 4.79 Å². The molecule has 0 bridgehead atoms.